The normalized spacial score (nSPS) is 14.9. The molecule has 1 aliphatic heterocycles. The summed E-state index contributed by atoms with van der Waals surface area (Å²) in [6.07, 6.45) is 0. The summed E-state index contributed by atoms with van der Waals surface area (Å²) in [5.41, 5.74) is 7.95. The van der Waals surface area contributed by atoms with Crippen molar-refractivity contribution in [3.05, 3.63) is 40.5 Å². The van der Waals surface area contributed by atoms with Gasteiger partial charge in [0.15, 0.2) is 5.82 Å². The van der Waals surface area contributed by atoms with E-state index in [0.717, 1.165) is 31.2 Å². The molecule has 0 atom stereocenters. The molecule has 9 heteroatoms. The van der Waals surface area contributed by atoms with Gasteiger partial charge in [0, 0.05) is 36.9 Å². The molecule has 2 aromatic rings. The number of anilines is 1. The molecule has 2 heterocycles. The van der Waals surface area contributed by atoms with Crippen molar-refractivity contribution in [3.8, 4) is 0 Å². The second-order valence-corrected chi connectivity index (χ2v) is 5.94. The molecular formula is C15H22Cl3N5O. The number of hydrogen-bond donors (Lipinski definition) is 1. The lowest BCUT2D eigenvalue weighted by Crippen LogP contribution is -2.46. The Labute approximate surface area is 159 Å². The summed E-state index contributed by atoms with van der Waals surface area (Å²) in [4.78, 5) is 8.95. The molecule has 24 heavy (non-hydrogen) atoms. The molecule has 0 saturated carbocycles. The van der Waals surface area contributed by atoms with E-state index in [2.05, 4.69) is 32.9 Å². The first-order valence-corrected chi connectivity index (χ1v) is 7.78. The molecule has 0 amide bonds. The SMILES string of the molecule is Cc1ccc(Cl)cc1N1CCN(Cc2noc(CN)n2)CC1.Cl.Cl. The van der Waals surface area contributed by atoms with Crippen LogP contribution in [0, 0.1) is 6.92 Å². The zero-order valence-corrected chi connectivity index (χ0v) is 15.8. The van der Waals surface area contributed by atoms with Crippen LogP contribution >= 0.6 is 36.4 Å². The van der Waals surface area contributed by atoms with Crippen molar-refractivity contribution in [2.24, 2.45) is 5.73 Å². The van der Waals surface area contributed by atoms with Gasteiger partial charge >= 0.3 is 0 Å². The van der Waals surface area contributed by atoms with Crippen LogP contribution in [-0.2, 0) is 13.1 Å². The number of benzene rings is 1. The summed E-state index contributed by atoms with van der Waals surface area (Å²) >= 11 is 6.11. The second-order valence-electron chi connectivity index (χ2n) is 5.50. The van der Waals surface area contributed by atoms with Crippen LogP contribution in [0.4, 0.5) is 5.69 Å². The van der Waals surface area contributed by atoms with E-state index in [4.69, 9.17) is 21.9 Å². The summed E-state index contributed by atoms with van der Waals surface area (Å²) in [5, 5.41) is 4.73. The Morgan fingerprint density at radius 3 is 2.54 bits per heavy atom. The molecule has 1 aromatic heterocycles. The predicted octanol–water partition coefficient (Wildman–Crippen LogP) is 2.66. The smallest absolute Gasteiger partial charge is 0.240 e. The second kappa shape index (κ2) is 9.44. The quantitative estimate of drug-likeness (QED) is 0.859. The van der Waals surface area contributed by atoms with E-state index < -0.39 is 0 Å². The molecule has 0 spiro atoms. The minimum atomic E-state index is 0. The summed E-state index contributed by atoms with van der Waals surface area (Å²) in [6.45, 7) is 6.94. The van der Waals surface area contributed by atoms with E-state index in [-0.39, 0.29) is 31.4 Å². The van der Waals surface area contributed by atoms with Gasteiger partial charge in [0.05, 0.1) is 13.1 Å². The number of halogens is 3. The zero-order valence-electron chi connectivity index (χ0n) is 13.4. The molecule has 0 bridgehead atoms. The van der Waals surface area contributed by atoms with Crippen LogP contribution in [0.3, 0.4) is 0 Å². The van der Waals surface area contributed by atoms with Gasteiger partial charge in [-0.15, -0.1) is 24.8 Å². The average Bonchev–Trinajstić information content (AvgIpc) is 2.98. The van der Waals surface area contributed by atoms with Crippen LogP contribution in [0.15, 0.2) is 22.7 Å². The molecule has 0 aliphatic carbocycles. The minimum Gasteiger partial charge on any atom is -0.369 e. The van der Waals surface area contributed by atoms with Crippen molar-refractivity contribution < 1.29 is 4.52 Å². The summed E-state index contributed by atoms with van der Waals surface area (Å²) in [5.74, 6) is 1.19. The van der Waals surface area contributed by atoms with E-state index in [9.17, 15) is 0 Å². The molecule has 134 valence electrons. The van der Waals surface area contributed by atoms with Crippen LogP contribution in [0.2, 0.25) is 5.02 Å². The van der Waals surface area contributed by atoms with Crippen molar-refractivity contribution >= 4 is 42.1 Å². The van der Waals surface area contributed by atoms with Crippen molar-refractivity contribution in [2.75, 3.05) is 31.1 Å². The number of aromatic nitrogens is 2. The van der Waals surface area contributed by atoms with Crippen LogP contribution < -0.4 is 10.6 Å². The van der Waals surface area contributed by atoms with Crippen LogP contribution in [-0.4, -0.2) is 41.2 Å². The Balaban J connectivity index is 0.00000144. The fourth-order valence-electron chi connectivity index (χ4n) is 2.71. The third-order valence-corrected chi connectivity index (χ3v) is 4.17. The van der Waals surface area contributed by atoms with E-state index in [1.807, 2.05) is 12.1 Å². The molecule has 2 N–H and O–H groups in total. The Hall–Kier alpha value is -1.05. The third-order valence-electron chi connectivity index (χ3n) is 3.93. The van der Waals surface area contributed by atoms with Gasteiger partial charge in [0.25, 0.3) is 0 Å². The third kappa shape index (κ3) is 4.97. The maximum Gasteiger partial charge on any atom is 0.240 e. The maximum absolute atomic E-state index is 6.11. The first-order chi connectivity index (χ1) is 10.7. The first kappa shape index (κ1) is 21.0. The lowest BCUT2D eigenvalue weighted by atomic mass is 10.1. The highest BCUT2D eigenvalue weighted by molar-refractivity contribution is 6.30. The largest absolute Gasteiger partial charge is 0.369 e. The molecule has 0 unspecified atom stereocenters. The standard InChI is InChI=1S/C15H20ClN5O.2ClH/c1-11-2-3-12(16)8-13(11)21-6-4-20(5-7-21)10-14-18-15(9-17)22-19-14;;/h2-3,8H,4-7,9-10,17H2,1H3;2*1H. The topological polar surface area (TPSA) is 71.4 Å². The Morgan fingerprint density at radius 1 is 1.21 bits per heavy atom. The van der Waals surface area contributed by atoms with E-state index in [1.165, 1.54) is 11.3 Å². The lowest BCUT2D eigenvalue weighted by molar-refractivity contribution is 0.240. The molecule has 6 nitrogen and oxygen atoms in total. The van der Waals surface area contributed by atoms with Gasteiger partial charge in [-0.3, -0.25) is 4.90 Å². The fourth-order valence-corrected chi connectivity index (χ4v) is 2.87. The van der Waals surface area contributed by atoms with Gasteiger partial charge < -0.3 is 15.2 Å². The van der Waals surface area contributed by atoms with E-state index >= 15 is 0 Å². The van der Waals surface area contributed by atoms with Crippen molar-refractivity contribution in [3.63, 3.8) is 0 Å². The molecule has 0 radical (unpaired) electrons. The van der Waals surface area contributed by atoms with Crippen LogP contribution in [0.1, 0.15) is 17.3 Å². The van der Waals surface area contributed by atoms with Crippen LogP contribution in [0.25, 0.3) is 0 Å². The molecule has 1 aromatic carbocycles. The summed E-state index contributed by atoms with van der Waals surface area (Å²) in [6, 6.07) is 6.04. The van der Waals surface area contributed by atoms with Gasteiger partial charge in [-0.25, -0.2) is 0 Å². The predicted molar refractivity (Wildman–Crippen MR) is 100 cm³/mol. The van der Waals surface area contributed by atoms with Crippen LogP contribution in [0.5, 0.6) is 0 Å². The number of rotatable bonds is 4. The van der Waals surface area contributed by atoms with Crippen molar-refractivity contribution in [2.45, 2.75) is 20.0 Å². The monoisotopic (exact) mass is 393 g/mol. The Morgan fingerprint density at radius 2 is 1.92 bits per heavy atom. The Kier molecular flexibility index (Phi) is 8.26. The van der Waals surface area contributed by atoms with Gasteiger partial charge in [0.1, 0.15) is 0 Å². The number of nitrogens with zero attached hydrogens (tertiary/aromatic N) is 4. The van der Waals surface area contributed by atoms with E-state index in [1.54, 1.807) is 0 Å². The first-order valence-electron chi connectivity index (χ1n) is 7.40. The van der Waals surface area contributed by atoms with E-state index in [0.29, 0.717) is 18.3 Å². The highest BCUT2D eigenvalue weighted by Gasteiger charge is 2.20. The van der Waals surface area contributed by atoms with Gasteiger partial charge in [-0.1, -0.05) is 22.8 Å². The summed E-state index contributed by atoms with van der Waals surface area (Å²) < 4.78 is 5.04. The molecule has 1 aliphatic rings. The van der Waals surface area contributed by atoms with Crippen molar-refractivity contribution in [1.29, 1.82) is 0 Å². The Bertz CT molecular complexity index is 644. The number of aryl methyl sites for hydroxylation is 1. The number of nitrogens with two attached hydrogens (primary N) is 1. The maximum atomic E-state index is 6.11. The average molecular weight is 395 g/mol. The zero-order chi connectivity index (χ0) is 15.5. The summed E-state index contributed by atoms with van der Waals surface area (Å²) in [7, 11) is 0. The van der Waals surface area contributed by atoms with Gasteiger partial charge in [0.2, 0.25) is 5.89 Å². The lowest BCUT2D eigenvalue weighted by Gasteiger charge is -2.36. The van der Waals surface area contributed by atoms with Crippen molar-refractivity contribution in [1.82, 2.24) is 15.0 Å². The number of hydrogen-bond acceptors (Lipinski definition) is 6. The van der Waals surface area contributed by atoms with Gasteiger partial charge in [-0.2, -0.15) is 4.98 Å². The van der Waals surface area contributed by atoms with Gasteiger partial charge in [-0.05, 0) is 24.6 Å². The molecule has 1 fully saturated rings. The number of piperazine rings is 1. The molecule has 3 rings (SSSR count). The highest BCUT2D eigenvalue weighted by Crippen LogP contribution is 2.25. The molecule has 1 saturated heterocycles. The highest BCUT2D eigenvalue weighted by atomic mass is 35.5. The molecular weight excluding hydrogens is 373 g/mol. The minimum absolute atomic E-state index is 0. The fraction of sp³-hybridized carbons (Fsp3) is 0.467.